The van der Waals surface area contributed by atoms with E-state index >= 15 is 0 Å². The lowest BCUT2D eigenvalue weighted by Crippen LogP contribution is -2.18. The Hall–Kier alpha value is -2.29. The van der Waals surface area contributed by atoms with Gasteiger partial charge in [-0.1, -0.05) is 6.08 Å². The molecule has 0 radical (unpaired) electrons. The van der Waals surface area contributed by atoms with Gasteiger partial charge in [-0.05, 0) is 48.4 Å². The second kappa shape index (κ2) is 6.86. The Morgan fingerprint density at radius 3 is 2.35 bits per heavy atom. The summed E-state index contributed by atoms with van der Waals surface area (Å²) in [6.45, 7) is 2.70. The van der Waals surface area contributed by atoms with Crippen LogP contribution in [0.4, 0.5) is 0 Å². The largest absolute Gasteiger partial charge is 0.493 e. The average molecular weight is 311 g/mol. The summed E-state index contributed by atoms with van der Waals surface area (Å²) in [5.74, 6) is 1.72. The monoisotopic (exact) mass is 311 g/mol. The number of allylic oxidation sites excluding steroid dienone is 3. The van der Waals surface area contributed by atoms with E-state index in [4.69, 9.17) is 9.47 Å². The number of fused-ring (bicyclic) bond motifs is 1. The van der Waals surface area contributed by atoms with Crippen LogP contribution in [0.15, 0.2) is 41.7 Å². The number of benzene rings is 1. The zero-order valence-corrected chi connectivity index (χ0v) is 13.6. The summed E-state index contributed by atoms with van der Waals surface area (Å²) in [5, 5.41) is 0. The lowest BCUT2D eigenvalue weighted by atomic mass is 10.1. The molecule has 4 heteroatoms. The maximum absolute atomic E-state index is 12.0. The molecule has 0 bridgehead atoms. The van der Waals surface area contributed by atoms with E-state index in [0.29, 0.717) is 12.0 Å². The third-order valence-electron chi connectivity index (χ3n) is 4.27. The molecular formula is C19H21NO3. The van der Waals surface area contributed by atoms with Crippen molar-refractivity contribution in [1.29, 1.82) is 0 Å². The molecule has 1 aliphatic carbocycles. The molecule has 2 aliphatic rings. The predicted octanol–water partition coefficient (Wildman–Crippen LogP) is 3.02. The fourth-order valence-corrected chi connectivity index (χ4v) is 3.06. The van der Waals surface area contributed by atoms with Gasteiger partial charge in [-0.25, -0.2) is 0 Å². The van der Waals surface area contributed by atoms with Crippen molar-refractivity contribution in [3.63, 3.8) is 0 Å². The zero-order chi connectivity index (χ0) is 16.2. The third-order valence-corrected chi connectivity index (χ3v) is 4.27. The van der Waals surface area contributed by atoms with Gasteiger partial charge in [-0.3, -0.25) is 9.69 Å². The Balaban J connectivity index is 1.54. The second-order valence-electron chi connectivity index (χ2n) is 5.80. The summed E-state index contributed by atoms with van der Waals surface area (Å²) in [5.41, 5.74) is 6.21. The number of ether oxygens (including phenoxy) is 2. The van der Waals surface area contributed by atoms with E-state index in [0.717, 1.165) is 37.6 Å². The van der Waals surface area contributed by atoms with Gasteiger partial charge in [0.15, 0.2) is 17.3 Å². The van der Waals surface area contributed by atoms with Crippen LogP contribution in [0, 0.1) is 0 Å². The highest BCUT2D eigenvalue weighted by atomic mass is 16.5. The molecule has 0 saturated heterocycles. The topological polar surface area (TPSA) is 38.8 Å². The molecule has 0 atom stereocenters. The first-order valence-corrected chi connectivity index (χ1v) is 7.84. The van der Waals surface area contributed by atoms with Gasteiger partial charge >= 0.3 is 0 Å². The van der Waals surface area contributed by atoms with E-state index < -0.39 is 0 Å². The predicted molar refractivity (Wildman–Crippen MR) is 88.6 cm³/mol. The van der Waals surface area contributed by atoms with Crippen LogP contribution in [0.25, 0.3) is 0 Å². The van der Waals surface area contributed by atoms with Crippen LogP contribution in [0.2, 0.25) is 0 Å². The van der Waals surface area contributed by atoms with E-state index in [1.54, 1.807) is 20.3 Å². The number of carbonyl (C=O) groups excluding carboxylic acids is 1. The standard InChI is InChI=1S/C19H21NO3/c1-22-18-10-15-12-20(13-16(15)11-19(18)23-2)9-5-8-17(21)14-6-3-4-7-14/h3-4,6,10-11H,5,8-9,12-13H2,1-2H3. The van der Waals surface area contributed by atoms with Crippen molar-refractivity contribution in [1.82, 2.24) is 4.90 Å². The van der Waals surface area contributed by atoms with Crippen LogP contribution in [0.3, 0.4) is 0 Å². The molecule has 3 rings (SSSR count). The number of Topliss-reactive ketones (excluding diaryl/α,β-unsaturated/α-hetero) is 1. The number of carbonyl (C=O) groups is 1. The summed E-state index contributed by atoms with van der Waals surface area (Å²) in [4.78, 5) is 14.3. The molecule has 0 unspecified atom stereocenters. The molecule has 1 aliphatic heterocycles. The van der Waals surface area contributed by atoms with E-state index in [1.165, 1.54) is 11.1 Å². The Morgan fingerprint density at radius 2 is 1.83 bits per heavy atom. The number of methoxy groups -OCH3 is 2. The maximum Gasteiger partial charge on any atom is 0.170 e. The third kappa shape index (κ3) is 3.39. The van der Waals surface area contributed by atoms with Crippen LogP contribution in [-0.4, -0.2) is 31.4 Å². The SMILES string of the molecule is COc1cc2c(cc1OC)CN(CCCC(=O)C1=C=CC=C1)C2. The molecule has 1 heterocycles. The molecule has 4 nitrogen and oxygen atoms in total. The van der Waals surface area contributed by atoms with Crippen molar-refractivity contribution in [3.8, 4) is 11.5 Å². The van der Waals surface area contributed by atoms with Gasteiger partial charge in [0.1, 0.15) is 0 Å². The first-order valence-electron chi connectivity index (χ1n) is 7.84. The lowest BCUT2D eigenvalue weighted by Gasteiger charge is -2.13. The molecule has 0 spiro atoms. The minimum Gasteiger partial charge on any atom is -0.493 e. The molecule has 1 aromatic rings. The van der Waals surface area contributed by atoms with Gasteiger partial charge in [0.05, 0.1) is 19.8 Å². The number of ketones is 1. The molecular weight excluding hydrogens is 290 g/mol. The summed E-state index contributed by atoms with van der Waals surface area (Å²) in [6.07, 6.45) is 6.89. The molecule has 0 amide bonds. The Labute approximate surface area is 136 Å². The highest BCUT2D eigenvalue weighted by Gasteiger charge is 2.21. The van der Waals surface area contributed by atoms with E-state index in [-0.39, 0.29) is 5.78 Å². The van der Waals surface area contributed by atoms with Crippen molar-refractivity contribution in [2.24, 2.45) is 0 Å². The van der Waals surface area contributed by atoms with Crippen molar-refractivity contribution >= 4 is 5.78 Å². The highest BCUT2D eigenvalue weighted by molar-refractivity contribution is 5.98. The van der Waals surface area contributed by atoms with Crippen molar-refractivity contribution in [2.75, 3.05) is 20.8 Å². The summed E-state index contributed by atoms with van der Waals surface area (Å²) < 4.78 is 10.7. The van der Waals surface area contributed by atoms with Gasteiger partial charge in [-0.2, -0.15) is 0 Å². The molecule has 0 N–H and O–H groups in total. The molecule has 0 saturated carbocycles. The summed E-state index contributed by atoms with van der Waals surface area (Å²) in [6, 6.07) is 4.11. The van der Waals surface area contributed by atoms with Crippen LogP contribution < -0.4 is 9.47 Å². The lowest BCUT2D eigenvalue weighted by molar-refractivity contribution is -0.115. The van der Waals surface area contributed by atoms with Crippen LogP contribution in [-0.2, 0) is 17.9 Å². The van der Waals surface area contributed by atoms with Gasteiger partial charge in [0.2, 0.25) is 0 Å². The van der Waals surface area contributed by atoms with Crippen LogP contribution in [0.5, 0.6) is 11.5 Å². The maximum atomic E-state index is 12.0. The van der Waals surface area contributed by atoms with Crippen molar-refractivity contribution < 1.29 is 14.3 Å². The Morgan fingerprint density at radius 1 is 1.17 bits per heavy atom. The van der Waals surface area contributed by atoms with Crippen molar-refractivity contribution in [2.45, 2.75) is 25.9 Å². The molecule has 0 aromatic heterocycles. The van der Waals surface area contributed by atoms with Crippen LogP contribution >= 0.6 is 0 Å². The minimum atomic E-state index is 0.176. The van der Waals surface area contributed by atoms with Gasteiger partial charge < -0.3 is 9.47 Å². The van der Waals surface area contributed by atoms with E-state index in [2.05, 4.69) is 22.8 Å². The van der Waals surface area contributed by atoms with Gasteiger partial charge in [0.25, 0.3) is 0 Å². The molecule has 120 valence electrons. The summed E-state index contributed by atoms with van der Waals surface area (Å²) >= 11 is 0. The normalized spacial score (nSPS) is 15.7. The van der Waals surface area contributed by atoms with E-state index in [1.807, 2.05) is 12.2 Å². The first kappa shape index (κ1) is 15.6. The van der Waals surface area contributed by atoms with Crippen LogP contribution in [0.1, 0.15) is 24.0 Å². The molecule has 0 fully saturated rings. The van der Waals surface area contributed by atoms with Gasteiger partial charge in [-0.15, -0.1) is 5.73 Å². The summed E-state index contributed by atoms with van der Waals surface area (Å²) in [7, 11) is 3.31. The first-order chi connectivity index (χ1) is 11.2. The fourth-order valence-electron chi connectivity index (χ4n) is 3.06. The van der Waals surface area contributed by atoms with Gasteiger partial charge in [0, 0.05) is 19.5 Å². The quantitative estimate of drug-likeness (QED) is 0.726. The Bertz CT molecular complexity index is 679. The number of nitrogens with zero attached hydrogens (tertiary/aromatic N) is 1. The average Bonchev–Trinajstić information content (AvgIpc) is 3.22. The fraction of sp³-hybridized carbons (Fsp3) is 0.368. The minimum absolute atomic E-state index is 0.176. The second-order valence-corrected chi connectivity index (χ2v) is 5.80. The smallest absolute Gasteiger partial charge is 0.170 e. The number of rotatable bonds is 7. The van der Waals surface area contributed by atoms with E-state index in [9.17, 15) is 4.79 Å². The van der Waals surface area contributed by atoms with Crippen molar-refractivity contribution in [3.05, 3.63) is 52.8 Å². The number of hydrogen-bond donors (Lipinski definition) is 0. The molecule has 23 heavy (non-hydrogen) atoms. The highest BCUT2D eigenvalue weighted by Crippen LogP contribution is 2.34. The molecule has 1 aromatic carbocycles. The number of hydrogen-bond acceptors (Lipinski definition) is 4. The Kier molecular flexibility index (Phi) is 4.65. The zero-order valence-electron chi connectivity index (χ0n) is 13.6.